The summed E-state index contributed by atoms with van der Waals surface area (Å²) in [5.41, 5.74) is 8.67. The molecule has 19 heavy (non-hydrogen) atoms. The van der Waals surface area contributed by atoms with Crippen LogP contribution in [0.1, 0.15) is 21.5 Å². The fraction of sp³-hybridized carbons (Fsp3) is 0.133. The molecule has 0 bridgehead atoms. The van der Waals surface area contributed by atoms with Crippen molar-refractivity contribution >= 4 is 23.2 Å². The largest absolute Gasteiger partial charge is 0.398 e. The van der Waals surface area contributed by atoms with Gasteiger partial charge >= 0.3 is 0 Å². The van der Waals surface area contributed by atoms with Crippen LogP contribution in [0.5, 0.6) is 0 Å². The van der Waals surface area contributed by atoms with Crippen LogP contribution in [0.2, 0.25) is 5.02 Å². The third kappa shape index (κ3) is 3.06. The first-order valence-electron chi connectivity index (χ1n) is 5.96. The molecule has 4 heteroatoms. The first kappa shape index (κ1) is 13.4. The van der Waals surface area contributed by atoms with E-state index in [-0.39, 0.29) is 5.91 Å². The van der Waals surface area contributed by atoms with Gasteiger partial charge in [-0.05, 0) is 36.2 Å². The average molecular weight is 275 g/mol. The Hall–Kier alpha value is -2.00. The first-order valence-corrected chi connectivity index (χ1v) is 6.34. The summed E-state index contributed by atoms with van der Waals surface area (Å²) in [4.78, 5) is 12.1. The van der Waals surface area contributed by atoms with E-state index in [1.165, 1.54) is 0 Å². The minimum Gasteiger partial charge on any atom is -0.398 e. The predicted molar refractivity (Wildman–Crippen MR) is 78.2 cm³/mol. The number of halogens is 1. The molecule has 98 valence electrons. The molecule has 0 unspecified atom stereocenters. The maximum absolute atomic E-state index is 12.1. The highest BCUT2D eigenvalue weighted by Gasteiger charge is 2.10. The van der Waals surface area contributed by atoms with Gasteiger partial charge in [0.15, 0.2) is 0 Å². The van der Waals surface area contributed by atoms with E-state index in [4.69, 9.17) is 17.3 Å². The lowest BCUT2D eigenvalue weighted by Crippen LogP contribution is -2.24. The third-order valence-electron chi connectivity index (χ3n) is 3.02. The van der Waals surface area contributed by atoms with Crippen molar-refractivity contribution in [3.05, 3.63) is 64.2 Å². The minimum atomic E-state index is -0.148. The number of amides is 1. The Kier molecular flexibility index (Phi) is 4.07. The molecule has 3 N–H and O–H groups in total. The van der Waals surface area contributed by atoms with Crippen molar-refractivity contribution in [1.82, 2.24) is 5.32 Å². The Labute approximate surface area is 117 Å². The van der Waals surface area contributed by atoms with Crippen molar-refractivity contribution in [2.24, 2.45) is 0 Å². The Morgan fingerprint density at radius 2 is 1.95 bits per heavy atom. The Morgan fingerprint density at radius 1 is 1.21 bits per heavy atom. The minimum absolute atomic E-state index is 0.148. The lowest BCUT2D eigenvalue weighted by atomic mass is 10.1. The molecule has 0 aliphatic heterocycles. The number of nitrogens with one attached hydrogen (secondary N) is 1. The summed E-state index contributed by atoms with van der Waals surface area (Å²) in [5, 5.41) is 3.49. The fourth-order valence-corrected chi connectivity index (χ4v) is 2.01. The lowest BCUT2D eigenvalue weighted by Gasteiger charge is -2.10. The van der Waals surface area contributed by atoms with E-state index >= 15 is 0 Å². The molecule has 0 saturated carbocycles. The zero-order valence-electron chi connectivity index (χ0n) is 10.6. The van der Waals surface area contributed by atoms with E-state index < -0.39 is 0 Å². The molecule has 0 aliphatic carbocycles. The number of nitrogen functional groups attached to an aromatic ring is 1. The zero-order chi connectivity index (χ0) is 13.8. The van der Waals surface area contributed by atoms with Gasteiger partial charge in [-0.3, -0.25) is 4.79 Å². The summed E-state index contributed by atoms with van der Waals surface area (Å²) in [6.07, 6.45) is 0. The standard InChI is InChI=1S/C15H15ClN2O/c1-10-12(6-4-8-14(10)17)15(19)18-9-11-5-2-3-7-13(11)16/h2-8H,9,17H2,1H3,(H,18,19). The van der Waals surface area contributed by atoms with E-state index in [1.807, 2.05) is 25.1 Å². The quantitative estimate of drug-likeness (QED) is 0.845. The van der Waals surface area contributed by atoms with Gasteiger partial charge in [0, 0.05) is 22.8 Å². The number of anilines is 1. The predicted octanol–water partition coefficient (Wildman–Crippen LogP) is 3.16. The second-order valence-electron chi connectivity index (χ2n) is 4.29. The van der Waals surface area contributed by atoms with Gasteiger partial charge in [-0.1, -0.05) is 35.9 Å². The van der Waals surface area contributed by atoms with Crippen LogP contribution in [-0.2, 0) is 6.54 Å². The van der Waals surface area contributed by atoms with E-state index in [2.05, 4.69) is 5.32 Å². The second kappa shape index (κ2) is 5.76. The van der Waals surface area contributed by atoms with Gasteiger partial charge < -0.3 is 11.1 Å². The third-order valence-corrected chi connectivity index (χ3v) is 3.39. The maximum Gasteiger partial charge on any atom is 0.251 e. The van der Waals surface area contributed by atoms with Crippen LogP contribution in [0.15, 0.2) is 42.5 Å². The number of nitrogens with two attached hydrogens (primary N) is 1. The average Bonchev–Trinajstić information content (AvgIpc) is 2.40. The highest BCUT2D eigenvalue weighted by Crippen LogP contribution is 2.17. The number of hydrogen-bond acceptors (Lipinski definition) is 2. The van der Waals surface area contributed by atoms with E-state index in [0.29, 0.717) is 22.8 Å². The van der Waals surface area contributed by atoms with Crippen LogP contribution >= 0.6 is 11.6 Å². The highest BCUT2D eigenvalue weighted by molar-refractivity contribution is 6.31. The Bertz CT molecular complexity index is 611. The first-order chi connectivity index (χ1) is 9.09. The molecular formula is C15H15ClN2O. The molecule has 0 aliphatic rings. The molecule has 3 nitrogen and oxygen atoms in total. The van der Waals surface area contributed by atoms with Crippen molar-refractivity contribution in [2.45, 2.75) is 13.5 Å². The van der Waals surface area contributed by atoms with Crippen LogP contribution in [-0.4, -0.2) is 5.91 Å². The van der Waals surface area contributed by atoms with Crippen molar-refractivity contribution < 1.29 is 4.79 Å². The van der Waals surface area contributed by atoms with Crippen LogP contribution < -0.4 is 11.1 Å². The maximum atomic E-state index is 12.1. The van der Waals surface area contributed by atoms with Crippen molar-refractivity contribution in [3.63, 3.8) is 0 Å². The molecule has 0 radical (unpaired) electrons. The number of hydrogen-bond donors (Lipinski definition) is 2. The van der Waals surface area contributed by atoms with Gasteiger partial charge in [-0.15, -0.1) is 0 Å². The topological polar surface area (TPSA) is 55.1 Å². The Balaban J connectivity index is 2.10. The van der Waals surface area contributed by atoms with Gasteiger partial charge in [0.2, 0.25) is 0 Å². The van der Waals surface area contributed by atoms with Crippen molar-refractivity contribution in [3.8, 4) is 0 Å². The lowest BCUT2D eigenvalue weighted by molar-refractivity contribution is 0.0950. The summed E-state index contributed by atoms with van der Waals surface area (Å²) in [6.45, 7) is 2.23. The Morgan fingerprint density at radius 3 is 2.68 bits per heavy atom. The molecular weight excluding hydrogens is 260 g/mol. The zero-order valence-corrected chi connectivity index (χ0v) is 11.4. The van der Waals surface area contributed by atoms with Gasteiger partial charge in [0.05, 0.1) is 0 Å². The number of rotatable bonds is 3. The SMILES string of the molecule is Cc1c(N)cccc1C(=O)NCc1ccccc1Cl. The molecule has 0 heterocycles. The summed E-state index contributed by atoms with van der Waals surface area (Å²) in [7, 11) is 0. The van der Waals surface area contributed by atoms with Crippen LogP contribution in [0.4, 0.5) is 5.69 Å². The summed E-state index contributed by atoms with van der Waals surface area (Å²) in [5.74, 6) is -0.148. The molecule has 2 aromatic carbocycles. The van der Waals surface area contributed by atoms with E-state index in [0.717, 1.165) is 11.1 Å². The molecule has 0 fully saturated rings. The van der Waals surface area contributed by atoms with Crippen molar-refractivity contribution in [1.29, 1.82) is 0 Å². The molecule has 2 rings (SSSR count). The fourth-order valence-electron chi connectivity index (χ4n) is 1.81. The highest BCUT2D eigenvalue weighted by atomic mass is 35.5. The molecule has 0 atom stereocenters. The van der Waals surface area contributed by atoms with Crippen LogP contribution in [0, 0.1) is 6.92 Å². The van der Waals surface area contributed by atoms with Crippen molar-refractivity contribution in [2.75, 3.05) is 5.73 Å². The van der Waals surface area contributed by atoms with Gasteiger partial charge in [-0.25, -0.2) is 0 Å². The monoisotopic (exact) mass is 274 g/mol. The smallest absolute Gasteiger partial charge is 0.251 e. The van der Waals surface area contributed by atoms with Crippen LogP contribution in [0.3, 0.4) is 0 Å². The van der Waals surface area contributed by atoms with E-state index in [1.54, 1.807) is 24.3 Å². The van der Waals surface area contributed by atoms with E-state index in [9.17, 15) is 4.79 Å². The van der Waals surface area contributed by atoms with Gasteiger partial charge in [0.1, 0.15) is 0 Å². The molecule has 0 aromatic heterocycles. The normalized spacial score (nSPS) is 10.2. The summed E-state index contributed by atoms with van der Waals surface area (Å²) in [6, 6.07) is 12.7. The number of carbonyl (C=O) groups excluding carboxylic acids is 1. The number of benzene rings is 2. The molecule has 1 amide bonds. The summed E-state index contributed by atoms with van der Waals surface area (Å²) < 4.78 is 0. The second-order valence-corrected chi connectivity index (χ2v) is 4.70. The molecule has 0 saturated heterocycles. The molecule has 2 aromatic rings. The number of carbonyl (C=O) groups is 1. The van der Waals surface area contributed by atoms with Gasteiger partial charge in [-0.2, -0.15) is 0 Å². The van der Waals surface area contributed by atoms with Crippen LogP contribution in [0.25, 0.3) is 0 Å². The molecule has 0 spiro atoms. The summed E-state index contributed by atoms with van der Waals surface area (Å²) >= 11 is 6.04. The van der Waals surface area contributed by atoms with Gasteiger partial charge in [0.25, 0.3) is 5.91 Å².